The Balaban J connectivity index is 0.00000364. The summed E-state index contributed by atoms with van der Waals surface area (Å²) in [6.07, 6.45) is 0.876. The van der Waals surface area contributed by atoms with Crippen molar-refractivity contribution in [2.75, 3.05) is 58.4 Å². The van der Waals surface area contributed by atoms with Crippen LogP contribution >= 0.6 is 24.0 Å². The van der Waals surface area contributed by atoms with Crippen LogP contribution in [0.15, 0.2) is 23.2 Å². The van der Waals surface area contributed by atoms with Crippen LogP contribution in [-0.4, -0.2) is 77.7 Å². The normalized spacial score (nSPS) is 17.1. The van der Waals surface area contributed by atoms with E-state index in [0.717, 1.165) is 43.3 Å². The molecule has 2 rings (SSSR count). The van der Waals surface area contributed by atoms with Gasteiger partial charge in [-0.2, -0.15) is 0 Å². The van der Waals surface area contributed by atoms with E-state index < -0.39 is 9.84 Å². The van der Waals surface area contributed by atoms with Crippen molar-refractivity contribution in [3.05, 3.63) is 29.3 Å². The van der Waals surface area contributed by atoms with E-state index in [9.17, 15) is 8.42 Å². The third kappa shape index (κ3) is 8.22. The van der Waals surface area contributed by atoms with Gasteiger partial charge in [0.15, 0.2) is 15.8 Å². The van der Waals surface area contributed by atoms with Gasteiger partial charge in [0.2, 0.25) is 0 Å². The summed E-state index contributed by atoms with van der Waals surface area (Å²) in [5.41, 5.74) is 2.34. The number of nitrogens with zero attached hydrogens (tertiary/aromatic N) is 2. The Hall–Kier alpha value is -1.07. The highest BCUT2D eigenvalue weighted by Gasteiger charge is 2.20. The van der Waals surface area contributed by atoms with Gasteiger partial charge in [-0.05, 0) is 30.5 Å². The Morgan fingerprint density at radius 3 is 2.52 bits per heavy atom. The zero-order valence-corrected chi connectivity index (χ0v) is 19.5. The first-order valence-electron chi connectivity index (χ1n) is 8.94. The molecule has 0 radical (unpaired) electrons. The molecule has 0 amide bonds. The molecule has 1 aromatic carbocycles. The van der Waals surface area contributed by atoms with Crippen LogP contribution in [0.5, 0.6) is 5.75 Å². The Kier molecular flexibility index (Phi) is 10.4. The summed E-state index contributed by atoms with van der Waals surface area (Å²) < 4.78 is 28.2. The highest BCUT2D eigenvalue weighted by atomic mass is 127. The van der Waals surface area contributed by atoms with Crippen molar-refractivity contribution in [3.8, 4) is 5.75 Å². The van der Waals surface area contributed by atoms with E-state index in [0.29, 0.717) is 13.1 Å². The van der Waals surface area contributed by atoms with Crippen LogP contribution in [0.4, 0.5) is 0 Å². The lowest BCUT2D eigenvalue weighted by atomic mass is 10.1. The quantitative estimate of drug-likeness (QED) is 0.325. The minimum absolute atomic E-state index is 0. The van der Waals surface area contributed by atoms with Crippen LogP contribution in [0, 0.1) is 6.92 Å². The lowest BCUT2D eigenvalue weighted by Gasteiger charge is -2.26. The Morgan fingerprint density at radius 1 is 1.22 bits per heavy atom. The van der Waals surface area contributed by atoms with Gasteiger partial charge in [0.25, 0.3) is 0 Å². The first-order chi connectivity index (χ1) is 12.4. The summed E-state index contributed by atoms with van der Waals surface area (Å²) in [5, 5.41) is 6.58. The molecule has 0 saturated carbocycles. The van der Waals surface area contributed by atoms with E-state index in [4.69, 9.17) is 4.74 Å². The molecular weight excluding hydrogens is 479 g/mol. The third-order valence-electron chi connectivity index (χ3n) is 4.56. The smallest absolute Gasteiger partial charge is 0.191 e. The molecule has 27 heavy (non-hydrogen) atoms. The highest BCUT2D eigenvalue weighted by Crippen LogP contribution is 2.18. The predicted octanol–water partition coefficient (Wildman–Crippen LogP) is 1.06. The molecule has 1 heterocycles. The van der Waals surface area contributed by atoms with E-state index in [1.165, 1.54) is 5.56 Å². The number of ether oxygens (including phenoxy) is 1. The van der Waals surface area contributed by atoms with Gasteiger partial charge < -0.3 is 15.4 Å². The maximum atomic E-state index is 11.4. The van der Waals surface area contributed by atoms with Crippen LogP contribution in [0.2, 0.25) is 0 Å². The van der Waals surface area contributed by atoms with Gasteiger partial charge in [-0.15, -0.1) is 24.0 Å². The number of aliphatic imine (C=N–C) groups is 1. The number of hydrogen-bond donors (Lipinski definition) is 2. The number of sulfone groups is 1. The number of hydrogen-bond acceptors (Lipinski definition) is 5. The van der Waals surface area contributed by atoms with Gasteiger partial charge in [-0.25, -0.2) is 8.42 Å². The minimum atomic E-state index is -2.81. The molecular formula is C18H31IN4O3S. The number of nitrogens with one attached hydrogen (secondary N) is 2. The Morgan fingerprint density at radius 2 is 1.89 bits per heavy atom. The summed E-state index contributed by atoms with van der Waals surface area (Å²) in [4.78, 5) is 6.39. The second-order valence-electron chi connectivity index (χ2n) is 6.47. The molecule has 0 bridgehead atoms. The summed E-state index contributed by atoms with van der Waals surface area (Å²) >= 11 is 0. The lowest BCUT2D eigenvalue weighted by Crippen LogP contribution is -2.46. The Labute approximate surface area is 179 Å². The number of aryl methyl sites for hydroxylation is 1. The average molecular weight is 510 g/mol. The van der Waals surface area contributed by atoms with Gasteiger partial charge in [0.05, 0.1) is 18.6 Å². The fraction of sp³-hybridized carbons (Fsp3) is 0.611. The molecule has 0 unspecified atom stereocenters. The molecule has 1 aromatic rings. The summed E-state index contributed by atoms with van der Waals surface area (Å²) in [6, 6.07) is 6.25. The van der Waals surface area contributed by atoms with Crippen LogP contribution in [0.1, 0.15) is 11.1 Å². The van der Waals surface area contributed by atoms with Crippen molar-refractivity contribution in [3.63, 3.8) is 0 Å². The first kappa shape index (κ1) is 24.0. The van der Waals surface area contributed by atoms with E-state index >= 15 is 0 Å². The minimum Gasteiger partial charge on any atom is -0.496 e. The third-order valence-corrected chi connectivity index (χ3v) is 6.17. The topological polar surface area (TPSA) is 83.0 Å². The van der Waals surface area contributed by atoms with Gasteiger partial charge in [0, 0.05) is 39.8 Å². The van der Waals surface area contributed by atoms with Crippen molar-refractivity contribution in [2.24, 2.45) is 4.99 Å². The lowest BCUT2D eigenvalue weighted by molar-refractivity contribution is 0.299. The first-order valence-corrected chi connectivity index (χ1v) is 10.8. The molecule has 7 nitrogen and oxygen atoms in total. The molecule has 0 atom stereocenters. The van der Waals surface area contributed by atoms with Gasteiger partial charge >= 0.3 is 0 Å². The number of methoxy groups -OCH3 is 1. The fourth-order valence-electron chi connectivity index (χ4n) is 2.87. The second kappa shape index (κ2) is 11.7. The van der Waals surface area contributed by atoms with Crippen molar-refractivity contribution < 1.29 is 13.2 Å². The van der Waals surface area contributed by atoms with E-state index in [-0.39, 0.29) is 35.5 Å². The van der Waals surface area contributed by atoms with Crippen LogP contribution in [-0.2, 0) is 16.3 Å². The molecule has 2 N–H and O–H groups in total. The number of benzene rings is 1. The number of rotatable bonds is 7. The zero-order valence-electron chi connectivity index (χ0n) is 16.3. The maximum absolute atomic E-state index is 11.4. The summed E-state index contributed by atoms with van der Waals surface area (Å²) in [7, 11) is 0.621. The highest BCUT2D eigenvalue weighted by molar-refractivity contribution is 14.0. The predicted molar refractivity (Wildman–Crippen MR) is 121 cm³/mol. The van der Waals surface area contributed by atoms with Crippen molar-refractivity contribution >= 4 is 39.8 Å². The molecule has 1 aliphatic rings. The monoisotopic (exact) mass is 510 g/mol. The van der Waals surface area contributed by atoms with E-state index in [2.05, 4.69) is 38.7 Å². The van der Waals surface area contributed by atoms with Crippen LogP contribution < -0.4 is 15.4 Å². The molecule has 1 fully saturated rings. The molecule has 154 valence electrons. The van der Waals surface area contributed by atoms with Crippen LogP contribution in [0.25, 0.3) is 0 Å². The molecule has 0 aromatic heterocycles. The number of guanidine groups is 1. The SMILES string of the molecule is CN=C(NCCc1ccc(C)c(OC)c1)NCCN1CCS(=O)(=O)CC1.I. The molecule has 0 aliphatic carbocycles. The van der Waals surface area contributed by atoms with Crippen molar-refractivity contribution in [2.45, 2.75) is 13.3 Å². The maximum Gasteiger partial charge on any atom is 0.191 e. The van der Waals surface area contributed by atoms with E-state index in [1.54, 1.807) is 14.2 Å². The standard InChI is InChI=1S/C18H30N4O3S.HI/c1-15-4-5-16(14-17(15)25-3)6-7-20-18(19-2)21-8-9-22-10-12-26(23,24)13-11-22;/h4-5,14H,6-13H2,1-3H3,(H2,19,20,21);1H. The summed E-state index contributed by atoms with van der Waals surface area (Å²) in [5.74, 6) is 2.20. The van der Waals surface area contributed by atoms with Crippen LogP contribution in [0.3, 0.4) is 0 Å². The molecule has 1 saturated heterocycles. The Bertz CT molecular complexity index is 711. The van der Waals surface area contributed by atoms with Gasteiger partial charge in [-0.1, -0.05) is 12.1 Å². The van der Waals surface area contributed by atoms with Crippen molar-refractivity contribution in [1.29, 1.82) is 0 Å². The average Bonchev–Trinajstić information content (AvgIpc) is 2.63. The summed E-state index contributed by atoms with van der Waals surface area (Å²) in [6.45, 7) is 5.58. The molecule has 1 aliphatic heterocycles. The zero-order chi connectivity index (χ0) is 19.0. The van der Waals surface area contributed by atoms with E-state index in [1.807, 2.05) is 6.92 Å². The fourth-order valence-corrected chi connectivity index (χ4v) is 4.15. The second-order valence-corrected chi connectivity index (χ2v) is 8.78. The number of halogens is 1. The molecule has 0 spiro atoms. The van der Waals surface area contributed by atoms with Gasteiger partial charge in [-0.3, -0.25) is 9.89 Å². The van der Waals surface area contributed by atoms with Gasteiger partial charge in [0.1, 0.15) is 5.75 Å². The molecule has 9 heteroatoms. The van der Waals surface area contributed by atoms with Crippen molar-refractivity contribution in [1.82, 2.24) is 15.5 Å². The largest absolute Gasteiger partial charge is 0.496 e.